The standard InChI is InChI=1S/C16H23N3O2/c20-15(13-19-10-4-5-11-19)12-17-16(18-21)9-8-14-6-2-1-3-7-14/h1-3,6-9,15,20-21H,4-5,10-13H2,(H,17,18). The van der Waals surface area contributed by atoms with Gasteiger partial charge in [0.2, 0.25) is 0 Å². The van der Waals surface area contributed by atoms with Crippen molar-refractivity contribution in [2.45, 2.75) is 18.9 Å². The lowest BCUT2D eigenvalue weighted by molar-refractivity contribution is 0.132. The van der Waals surface area contributed by atoms with Crippen molar-refractivity contribution in [1.82, 2.24) is 10.4 Å². The summed E-state index contributed by atoms with van der Waals surface area (Å²) in [7, 11) is 0. The molecule has 114 valence electrons. The largest absolute Gasteiger partial charge is 0.390 e. The molecule has 0 aromatic heterocycles. The van der Waals surface area contributed by atoms with Crippen LogP contribution in [0.1, 0.15) is 18.4 Å². The van der Waals surface area contributed by atoms with E-state index in [1.54, 1.807) is 6.08 Å². The maximum absolute atomic E-state index is 9.96. The third kappa shape index (κ3) is 5.67. The van der Waals surface area contributed by atoms with Crippen LogP contribution in [0.15, 0.2) is 41.4 Å². The number of amidine groups is 1. The zero-order valence-corrected chi connectivity index (χ0v) is 12.2. The minimum absolute atomic E-state index is 0.276. The molecule has 1 aliphatic heterocycles. The Bertz CT molecular complexity index is 468. The zero-order valence-electron chi connectivity index (χ0n) is 12.2. The number of benzene rings is 1. The number of aliphatic hydroxyl groups is 1. The Morgan fingerprint density at radius 3 is 2.67 bits per heavy atom. The van der Waals surface area contributed by atoms with Gasteiger partial charge in [-0.2, -0.15) is 0 Å². The summed E-state index contributed by atoms with van der Waals surface area (Å²) in [5.74, 6) is 0.347. The van der Waals surface area contributed by atoms with Crippen molar-refractivity contribution in [3.05, 3.63) is 42.0 Å². The predicted octanol–water partition coefficient (Wildman–Crippen LogP) is 1.53. The van der Waals surface area contributed by atoms with Gasteiger partial charge in [0.1, 0.15) is 5.84 Å². The smallest absolute Gasteiger partial charge is 0.144 e. The molecule has 1 heterocycles. The first kappa shape index (κ1) is 15.7. The third-order valence-electron chi connectivity index (χ3n) is 3.49. The van der Waals surface area contributed by atoms with Crippen LogP contribution in [-0.2, 0) is 0 Å². The lowest BCUT2D eigenvalue weighted by Crippen LogP contribution is -2.32. The molecule has 3 N–H and O–H groups in total. The Morgan fingerprint density at radius 1 is 1.29 bits per heavy atom. The van der Waals surface area contributed by atoms with Crippen LogP contribution in [0, 0.1) is 0 Å². The molecule has 1 aromatic rings. The van der Waals surface area contributed by atoms with Crippen molar-refractivity contribution in [2.24, 2.45) is 4.99 Å². The molecule has 1 unspecified atom stereocenters. The number of hydroxylamine groups is 1. The highest BCUT2D eigenvalue weighted by molar-refractivity contribution is 5.95. The summed E-state index contributed by atoms with van der Waals surface area (Å²) >= 11 is 0. The van der Waals surface area contributed by atoms with Gasteiger partial charge >= 0.3 is 0 Å². The van der Waals surface area contributed by atoms with E-state index in [4.69, 9.17) is 5.21 Å². The fraction of sp³-hybridized carbons (Fsp3) is 0.438. The number of aliphatic hydroxyl groups excluding tert-OH is 1. The molecule has 0 bridgehead atoms. The minimum Gasteiger partial charge on any atom is -0.390 e. The summed E-state index contributed by atoms with van der Waals surface area (Å²) in [6.07, 6.45) is 5.46. The summed E-state index contributed by atoms with van der Waals surface area (Å²) in [5.41, 5.74) is 3.09. The molecule has 1 atom stereocenters. The minimum atomic E-state index is -0.503. The summed E-state index contributed by atoms with van der Waals surface area (Å²) in [6.45, 7) is 3.03. The van der Waals surface area contributed by atoms with Crippen molar-refractivity contribution in [3.8, 4) is 0 Å². The van der Waals surface area contributed by atoms with Crippen LogP contribution < -0.4 is 5.48 Å². The van der Waals surface area contributed by atoms with Gasteiger partial charge in [-0.05, 0) is 37.6 Å². The monoisotopic (exact) mass is 289 g/mol. The highest BCUT2D eigenvalue weighted by atomic mass is 16.5. The fourth-order valence-corrected chi connectivity index (χ4v) is 2.39. The lowest BCUT2D eigenvalue weighted by atomic mass is 10.2. The number of hydrogen-bond donors (Lipinski definition) is 3. The number of aliphatic imine (C=N–C) groups is 1. The van der Waals surface area contributed by atoms with E-state index in [9.17, 15) is 5.11 Å². The summed E-state index contributed by atoms with van der Waals surface area (Å²) in [6, 6.07) is 9.78. The molecule has 5 nitrogen and oxygen atoms in total. The molecule has 0 saturated carbocycles. The number of hydrogen-bond acceptors (Lipinski definition) is 4. The van der Waals surface area contributed by atoms with E-state index in [1.807, 2.05) is 36.4 Å². The highest BCUT2D eigenvalue weighted by Crippen LogP contribution is 2.07. The first-order chi connectivity index (χ1) is 10.3. The molecule has 0 aliphatic carbocycles. The van der Waals surface area contributed by atoms with Gasteiger partial charge in [0.05, 0.1) is 12.6 Å². The molecule has 1 aromatic carbocycles. The molecule has 0 amide bonds. The Morgan fingerprint density at radius 2 is 2.00 bits per heavy atom. The fourth-order valence-electron chi connectivity index (χ4n) is 2.39. The van der Waals surface area contributed by atoms with E-state index < -0.39 is 6.10 Å². The van der Waals surface area contributed by atoms with E-state index in [0.29, 0.717) is 12.4 Å². The van der Waals surface area contributed by atoms with Gasteiger partial charge in [0, 0.05) is 6.54 Å². The topological polar surface area (TPSA) is 68.1 Å². The number of nitrogens with zero attached hydrogens (tertiary/aromatic N) is 2. The van der Waals surface area contributed by atoms with Crippen LogP contribution in [0.5, 0.6) is 0 Å². The molecule has 1 aliphatic rings. The van der Waals surface area contributed by atoms with Crippen LogP contribution in [0.3, 0.4) is 0 Å². The average Bonchev–Trinajstić information content (AvgIpc) is 3.01. The van der Waals surface area contributed by atoms with Crippen molar-refractivity contribution < 1.29 is 10.3 Å². The van der Waals surface area contributed by atoms with Crippen molar-refractivity contribution in [3.63, 3.8) is 0 Å². The number of nitrogens with one attached hydrogen (secondary N) is 1. The first-order valence-corrected chi connectivity index (χ1v) is 7.36. The summed E-state index contributed by atoms with van der Waals surface area (Å²) in [5, 5.41) is 19.0. The van der Waals surface area contributed by atoms with Crippen molar-refractivity contribution in [2.75, 3.05) is 26.2 Å². The zero-order chi connectivity index (χ0) is 14.9. The maximum atomic E-state index is 9.96. The second kappa shape index (κ2) is 8.56. The van der Waals surface area contributed by atoms with Crippen LogP contribution in [0.4, 0.5) is 0 Å². The van der Waals surface area contributed by atoms with Gasteiger partial charge in [-0.3, -0.25) is 15.7 Å². The van der Waals surface area contributed by atoms with E-state index in [2.05, 4.69) is 15.4 Å². The molecule has 1 fully saturated rings. The Hall–Kier alpha value is -1.69. The molecule has 1 saturated heterocycles. The van der Waals surface area contributed by atoms with Crippen molar-refractivity contribution in [1.29, 1.82) is 0 Å². The Labute approximate surface area is 125 Å². The number of rotatable bonds is 6. The van der Waals surface area contributed by atoms with Gasteiger partial charge < -0.3 is 10.0 Å². The normalized spacial score (nSPS) is 18.3. The molecule has 0 spiro atoms. The number of likely N-dealkylation sites (tertiary alicyclic amines) is 1. The van der Waals surface area contributed by atoms with Crippen LogP contribution in [0.2, 0.25) is 0 Å². The van der Waals surface area contributed by atoms with Gasteiger partial charge in [0.15, 0.2) is 0 Å². The lowest BCUT2D eigenvalue weighted by Gasteiger charge is -2.17. The van der Waals surface area contributed by atoms with Gasteiger partial charge in [-0.1, -0.05) is 36.4 Å². The molecular formula is C16H23N3O2. The van der Waals surface area contributed by atoms with E-state index in [1.165, 1.54) is 12.8 Å². The van der Waals surface area contributed by atoms with E-state index >= 15 is 0 Å². The van der Waals surface area contributed by atoms with Crippen LogP contribution in [0.25, 0.3) is 6.08 Å². The third-order valence-corrected chi connectivity index (χ3v) is 3.49. The number of β-amino-alcohol motifs (C(OH)–C–C–N with tert-alkyl or cyclic N) is 1. The van der Waals surface area contributed by atoms with Crippen LogP contribution in [-0.4, -0.2) is 53.3 Å². The molecule has 21 heavy (non-hydrogen) atoms. The van der Waals surface area contributed by atoms with Crippen LogP contribution >= 0.6 is 0 Å². The van der Waals surface area contributed by atoms with E-state index in [-0.39, 0.29) is 6.54 Å². The maximum Gasteiger partial charge on any atom is 0.144 e. The predicted molar refractivity (Wildman–Crippen MR) is 84.4 cm³/mol. The van der Waals surface area contributed by atoms with Gasteiger partial charge in [0.25, 0.3) is 0 Å². The molecule has 0 radical (unpaired) electrons. The quantitative estimate of drug-likeness (QED) is 0.422. The van der Waals surface area contributed by atoms with Crippen molar-refractivity contribution >= 4 is 11.9 Å². The second-order valence-corrected chi connectivity index (χ2v) is 5.24. The van der Waals surface area contributed by atoms with Gasteiger partial charge in [-0.15, -0.1) is 0 Å². The summed E-state index contributed by atoms with van der Waals surface area (Å²) < 4.78 is 0. The molecular weight excluding hydrogens is 266 g/mol. The first-order valence-electron chi connectivity index (χ1n) is 7.36. The SMILES string of the molecule is ONC(C=Cc1ccccc1)=NCC(O)CN1CCCC1. The summed E-state index contributed by atoms with van der Waals surface area (Å²) in [4.78, 5) is 6.43. The Balaban J connectivity index is 1.83. The molecule has 2 rings (SSSR count). The highest BCUT2D eigenvalue weighted by Gasteiger charge is 2.15. The van der Waals surface area contributed by atoms with E-state index in [0.717, 1.165) is 18.7 Å². The average molecular weight is 289 g/mol. The Kier molecular flexibility index (Phi) is 6.40. The second-order valence-electron chi connectivity index (χ2n) is 5.24. The van der Waals surface area contributed by atoms with Gasteiger partial charge in [-0.25, -0.2) is 0 Å². The molecule has 5 heteroatoms.